The number of carbonyl (C=O) groups excluding carboxylic acids is 1. The molecule has 6 heteroatoms. The fourth-order valence-electron chi connectivity index (χ4n) is 2.27. The number of rotatable bonds is 2. The van der Waals surface area contributed by atoms with Gasteiger partial charge in [0.15, 0.2) is 0 Å². The number of carbonyl (C=O) groups is 1. The highest BCUT2D eigenvalue weighted by Gasteiger charge is 2.27. The number of aromatic nitrogens is 2. The molecule has 0 aromatic carbocycles. The van der Waals surface area contributed by atoms with Crippen molar-refractivity contribution in [2.24, 2.45) is 5.92 Å². The molecule has 1 atom stereocenters. The molecule has 100 valence electrons. The van der Waals surface area contributed by atoms with E-state index >= 15 is 0 Å². The summed E-state index contributed by atoms with van der Waals surface area (Å²) in [7, 11) is 1.40. The van der Waals surface area contributed by atoms with Gasteiger partial charge < -0.3 is 9.64 Å². The zero-order valence-corrected chi connectivity index (χ0v) is 11.1. The molecular weight excluding hydrogens is 244 g/mol. The molecule has 1 saturated heterocycles. The summed E-state index contributed by atoms with van der Waals surface area (Å²) in [5.41, 5.74) is 1.10. The second-order valence-electron chi connectivity index (χ2n) is 4.61. The molecule has 19 heavy (non-hydrogen) atoms. The molecule has 2 rings (SSSR count). The van der Waals surface area contributed by atoms with E-state index in [1.807, 2.05) is 17.9 Å². The van der Waals surface area contributed by atoms with E-state index < -0.39 is 0 Å². The highest BCUT2D eigenvalue weighted by molar-refractivity contribution is 5.73. The average molecular weight is 260 g/mol. The second kappa shape index (κ2) is 5.65. The van der Waals surface area contributed by atoms with Crippen LogP contribution in [0, 0.1) is 24.2 Å². The Kier molecular flexibility index (Phi) is 3.95. The van der Waals surface area contributed by atoms with Crippen molar-refractivity contribution < 1.29 is 9.53 Å². The van der Waals surface area contributed by atoms with Crippen molar-refractivity contribution in [3.8, 4) is 6.07 Å². The summed E-state index contributed by atoms with van der Waals surface area (Å²) in [5.74, 6) is 0.177. The summed E-state index contributed by atoms with van der Waals surface area (Å²) in [6.45, 7) is 3.16. The maximum absolute atomic E-state index is 11.6. The number of anilines is 1. The lowest BCUT2D eigenvalue weighted by atomic mass is 9.98. The van der Waals surface area contributed by atoms with E-state index in [0.29, 0.717) is 18.2 Å². The molecule has 1 aromatic heterocycles. The Morgan fingerprint density at radius 2 is 2.37 bits per heavy atom. The molecule has 0 spiro atoms. The van der Waals surface area contributed by atoms with Gasteiger partial charge in [-0.2, -0.15) is 5.26 Å². The molecular formula is C13H16N4O2. The zero-order chi connectivity index (χ0) is 13.8. The molecule has 0 radical (unpaired) electrons. The third kappa shape index (κ3) is 2.99. The van der Waals surface area contributed by atoms with Crippen molar-refractivity contribution in [1.82, 2.24) is 9.97 Å². The van der Waals surface area contributed by atoms with Gasteiger partial charge >= 0.3 is 5.97 Å². The molecule has 0 N–H and O–H groups in total. The number of methoxy groups -OCH3 is 1. The Bertz CT molecular complexity index is 524. The van der Waals surface area contributed by atoms with E-state index in [1.54, 1.807) is 6.07 Å². The molecule has 1 aliphatic rings. The number of esters is 1. The number of nitriles is 1. The number of piperidine rings is 1. The van der Waals surface area contributed by atoms with Crippen LogP contribution in [0.5, 0.6) is 0 Å². The van der Waals surface area contributed by atoms with E-state index in [-0.39, 0.29) is 11.9 Å². The first-order valence-corrected chi connectivity index (χ1v) is 6.22. The van der Waals surface area contributed by atoms with E-state index in [0.717, 1.165) is 25.1 Å². The molecule has 1 aliphatic heterocycles. The summed E-state index contributed by atoms with van der Waals surface area (Å²) in [4.78, 5) is 22.1. The number of aryl methyl sites for hydroxylation is 1. The van der Waals surface area contributed by atoms with Crippen molar-refractivity contribution in [1.29, 1.82) is 5.26 Å². The molecule has 0 saturated carbocycles. The van der Waals surface area contributed by atoms with Gasteiger partial charge in [-0.15, -0.1) is 0 Å². The zero-order valence-electron chi connectivity index (χ0n) is 11.1. The number of nitrogens with zero attached hydrogens (tertiary/aromatic N) is 4. The van der Waals surface area contributed by atoms with Crippen LogP contribution in [-0.2, 0) is 9.53 Å². The van der Waals surface area contributed by atoms with Crippen LogP contribution in [0.25, 0.3) is 0 Å². The van der Waals surface area contributed by atoms with Gasteiger partial charge in [0.2, 0.25) is 5.95 Å². The average Bonchev–Trinajstić information content (AvgIpc) is 2.45. The Labute approximate surface area is 112 Å². The summed E-state index contributed by atoms with van der Waals surface area (Å²) < 4.78 is 4.78. The topological polar surface area (TPSA) is 79.1 Å². The van der Waals surface area contributed by atoms with Crippen molar-refractivity contribution in [2.45, 2.75) is 19.8 Å². The molecule has 2 heterocycles. The Morgan fingerprint density at radius 1 is 1.58 bits per heavy atom. The van der Waals surface area contributed by atoms with Crippen molar-refractivity contribution in [2.75, 3.05) is 25.1 Å². The molecule has 1 aromatic rings. The highest BCUT2D eigenvalue weighted by atomic mass is 16.5. The fourth-order valence-corrected chi connectivity index (χ4v) is 2.27. The van der Waals surface area contributed by atoms with E-state index in [9.17, 15) is 4.79 Å². The monoisotopic (exact) mass is 260 g/mol. The van der Waals surface area contributed by atoms with Gasteiger partial charge in [0.25, 0.3) is 0 Å². The van der Waals surface area contributed by atoms with Gasteiger partial charge in [-0.3, -0.25) is 4.79 Å². The second-order valence-corrected chi connectivity index (χ2v) is 4.61. The Hall–Kier alpha value is -2.16. The number of hydrogen-bond acceptors (Lipinski definition) is 6. The molecule has 0 bridgehead atoms. The molecule has 0 aliphatic carbocycles. The number of hydrogen-bond donors (Lipinski definition) is 0. The largest absolute Gasteiger partial charge is 0.469 e. The van der Waals surface area contributed by atoms with Crippen LogP contribution in [0.1, 0.15) is 24.2 Å². The van der Waals surface area contributed by atoms with Crippen molar-refractivity contribution >= 4 is 11.9 Å². The van der Waals surface area contributed by atoms with Gasteiger partial charge in [0.05, 0.1) is 13.0 Å². The van der Waals surface area contributed by atoms with Gasteiger partial charge in [-0.1, -0.05) is 0 Å². The van der Waals surface area contributed by atoms with Crippen LogP contribution < -0.4 is 4.90 Å². The lowest BCUT2D eigenvalue weighted by Crippen LogP contribution is -2.40. The van der Waals surface area contributed by atoms with E-state index in [4.69, 9.17) is 10.00 Å². The standard InChI is InChI=1S/C13H16N4O2/c1-9-6-11(7-14)16-13(15-9)17-5-3-4-10(8-17)12(18)19-2/h6,10H,3-5,8H2,1-2H3. The Morgan fingerprint density at radius 3 is 3.05 bits per heavy atom. The van der Waals surface area contributed by atoms with E-state index in [1.165, 1.54) is 7.11 Å². The number of ether oxygens (including phenoxy) is 1. The van der Waals surface area contributed by atoms with Crippen LogP contribution in [0.3, 0.4) is 0 Å². The maximum atomic E-state index is 11.6. The van der Waals surface area contributed by atoms with Gasteiger partial charge in [0.1, 0.15) is 11.8 Å². The van der Waals surface area contributed by atoms with Crippen LogP contribution >= 0.6 is 0 Å². The minimum atomic E-state index is -0.196. The van der Waals surface area contributed by atoms with Crippen molar-refractivity contribution in [3.63, 3.8) is 0 Å². The molecule has 0 amide bonds. The lowest BCUT2D eigenvalue weighted by Gasteiger charge is -2.31. The highest BCUT2D eigenvalue weighted by Crippen LogP contribution is 2.21. The predicted molar refractivity (Wildman–Crippen MR) is 68.4 cm³/mol. The van der Waals surface area contributed by atoms with Gasteiger partial charge in [-0.25, -0.2) is 9.97 Å². The first kappa shape index (κ1) is 13.3. The SMILES string of the molecule is COC(=O)C1CCCN(c2nc(C)cc(C#N)n2)C1. The van der Waals surface area contributed by atoms with Crippen LogP contribution in [0.4, 0.5) is 5.95 Å². The third-order valence-corrected chi connectivity index (χ3v) is 3.20. The Balaban J connectivity index is 2.20. The van der Waals surface area contributed by atoms with Gasteiger partial charge in [0, 0.05) is 18.8 Å². The smallest absolute Gasteiger partial charge is 0.310 e. The fraction of sp³-hybridized carbons (Fsp3) is 0.538. The quantitative estimate of drug-likeness (QED) is 0.739. The van der Waals surface area contributed by atoms with E-state index in [2.05, 4.69) is 9.97 Å². The minimum absolute atomic E-state index is 0.145. The third-order valence-electron chi connectivity index (χ3n) is 3.20. The summed E-state index contributed by atoms with van der Waals surface area (Å²) in [6.07, 6.45) is 1.71. The van der Waals surface area contributed by atoms with Crippen LogP contribution in [0.15, 0.2) is 6.07 Å². The van der Waals surface area contributed by atoms with Crippen LogP contribution in [0.2, 0.25) is 0 Å². The molecule has 1 fully saturated rings. The minimum Gasteiger partial charge on any atom is -0.469 e. The van der Waals surface area contributed by atoms with Crippen LogP contribution in [-0.4, -0.2) is 36.1 Å². The molecule has 6 nitrogen and oxygen atoms in total. The lowest BCUT2D eigenvalue weighted by molar-refractivity contribution is -0.145. The van der Waals surface area contributed by atoms with Gasteiger partial charge in [-0.05, 0) is 25.8 Å². The summed E-state index contributed by atoms with van der Waals surface area (Å²) in [6, 6.07) is 3.67. The summed E-state index contributed by atoms with van der Waals surface area (Å²) >= 11 is 0. The maximum Gasteiger partial charge on any atom is 0.310 e. The normalized spacial score (nSPS) is 18.8. The first-order chi connectivity index (χ1) is 9.13. The first-order valence-electron chi connectivity index (χ1n) is 6.22. The predicted octanol–water partition coefficient (Wildman–Crippen LogP) is 1.05. The van der Waals surface area contributed by atoms with Crippen molar-refractivity contribution in [3.05, 3.63) is 17.5 Å². The molecule has 1 unspecified atom stereocenters. The summed E-state index contributed by atoms with van der Waals surface area (Å²) in [5, 5.41) is 8.93.